The highest BCUT2D eigenvalue weighted by Crippen LogP contribution is 2.11. The minimum Gasteiger partial charge on any atom is -0.255 e. The molecule has 3 heteroatoms. The van der Waals surface area contributed by atoms with Crippen molar-refractivity contribution in [2.75, 3.05) is 0 Å². The fourth-order valence-electron chi connectivity index (χ4n) is 0.922. The van der Waals surface area contributed by atoms with Crippen LogP contribution >= 0.6 is 0 Å². The molecule has 1 radical (unpaired) electrons. The first kappa shape index (κ1) is 6.91. The van der Waals surface area contributed by atoms with E-state index in [0.717, 1.165) is 11.3 Å². The molecule has 0 saturated heterocycles. The Morgan fingerprint density at radius 3 is 2.67 bits per heavy atom. The lowest BCUT2D eigenvalue weighted by Gasteiger charge is -1.95. The van der Waals surface area contributed by atoms with Crippen LogP contribution in [0.1, 0.15) is 0 Å². The third-order valence-corrected chi connectivity index (χ3v) is 1.47. The maximum atomic E-state index is 4.11. The molecule has 0 fully saturated rings. The van der Waals surface area contributed by atoms with Gasteiger partial charge in [0.1, 0.15) is 6.33 Å². The molecule has 0 atom stereocenters. The Labute approximate surface area is 70.1 Å². The highest BCUT2D eigenvalue weighted by atomic mass is 14.8. The molecular formula is C9H6N3. The average Bonchev–Trinajstić information content (AvgIpc) is 2.21. The number of hydrogen-bond donors (Lipinski definition) is 0. The summed E-state index contributed by atoms with van der Waals surface area (Å²) in [7, 11) is 0. The molecular weight excluding hydrogens is 150 g/mol. The van der Waals surface area contributed by atoms with Crippen molar-refractivity contribution in [2.45, 2.75) is 0 Å². The van der Waals surface area contributed by atoms with E-state index >= 15 is 0 Å². The van der Waals surface area contributed by atoms with Crippen molar-refractivity contribution in [3.63, 3.8) is 0 Å². The van der Waals surface area contributed by atoms with E-state index in [1.54, 1.807) is 18.6 Å². The number of rotatable bonds is 1. The Morgan fingerprint density at radius 1 is 1.17 bits per heavy atom. The summed E-state index contributed by atoms with van der Waals surface area (Å²) >= 11 is 0. The summed E-state index contributed by atoms with van der Waals surface area (Å²) in [6.07, 6.45) is 6.59. The topological polar surface area (TPSA) is 38.7 Å². The zero-order valence-corrected chi connectivity index (χ0v) is 6.31. The normalized spacial score (nSPS) is 9.67. The van der Waals surface area contributed by atoms with Crippen molar-refractivity contribution >= 4 is 0 Å². The standard InChI is InChI=1S/C9H6N3/c1-2-4-12-9(3-1)8-5-10-7-11-6-8/h1,3-7H. The summed E-state index contributed by atoms with van der Waals surface area (Å²) in [4.78, 5) is 11.9. The summed E-state index contributed by atoms with van der Waals surface area (Å²) in [6.45, 7) is 0. The molecule has 2 heterocycles. The van der Waals surface area contributed by atoms with E-state index in [2.05, 4.69) is 21.0 Å². The van der Waals surface area contributed by atoms with E-state index in [-0.39, 0.29) is 0 Å². The van der Waals surface area contributed by atoms with Gasteiger partial charge in [-0.15, -0.1) is 0 Å². The van der Waals surface area contributed by atoms with Crippen LogP contribution in [0.2, 0.25) is 0 Å². The van der Waals surface area contributed by atoms with Gasteiger partial charge in [-0.1, -0.05) is 6.07 Å². The predicted molar refractivity (Wildman–Crippen MR) is 44.1 cm³/mol. The zero-order chi connectivity index (χ0) is 8.23. The molecule has 2 aromatic rings. The van der Waals surface area contributed by atoms with Crippen LogP contribution in [-0.4, -0.2) is 15.0 Å². The molecule has 2 aromatic heterocycles. The quantitative estimate of drug-likeness (QED) is 0.625. The van der Waals surface area contributed by atoms with Gasteiger partial charge >= 0.3 is 0 Å². The van der Waals surface area contributed by atoms with Crippen LogP contribution in [0, 0.1) is 6.07 Å². The number of hydrogen-bond acceptors (Lipinski definition) is 3. The second-order valence-corrected chi connectivity index (χ2v) is 2.27. The first-order chi connectivity index (χ1) is 5.97. The summed E-state index contributed by atoms with van der Waals surface area (Å²) in [6, 6.07) is 6.54. The predicted octanol–water partition coefficient (Wildman–Crippen LogP) is 1.34. The van der Waals surface area contributed by atoms with Crippen LogP contribution in [0.25, 0.3) is 11.3 Å². The molecule has 0 aliphatic heterocycles. The lowest BCUT2D eigenvalue weighted by atomic mass is 10.2. The Kier molecular flexibility index (Phi) is 1.78. The molecule has 0 aliphatic carbocycles. The van der Waals surface area contributed by atoms with Crippen LogP contribution in [0.15, 0.2) is 37.1 Å². The molecule has 0 bridgehead atoms. The third kappa shape index (κ3) is 1.29. The molecule has 2 rings (SSSR count). The van der Waals surface area contributed by atoms with Crippen molar-refractivity contribution in [1.29, 1.82) is 0 Å². The maximum absolute atomic E-state index is 4.11. The van der Waals surface area contributed by atoms with Crippen molar-refractivity contribution in [3.8, 4) is 11.3 Å². The van der Waals surface area contributed by atoms with E-state index < -0.39 is 0 Å². The summed E-state index contributed by atoms with van der Waals surface area (Å²) in [5.41, 5.74) is 1.79. The second-order valence-electron chi connectivity index (χ2n) is 2.27. The molecule has 0 saturated carbocycles. The molecule has 0 amide bonds. The first-order valence-corrected chi connectivity index (χ1v) is 3.54. The van der Waals surface area contributed by atoms with Gasteiger partial charge in [0.2, 0.25) is 0 Å². The lowest BCUT2D eigenvalue weighted by Crippen LogP contribution is -1.84. The molecule has 3 nitrogen and oxygen atoms in total. The van der Waals surface area contributed by atoms with E-state index in [9.17, 15) is 0 Å². The number of aromatic nitrogens is 3. The molecule has 57 valence electrons. The third-order valence-electron chi connectivity index (χ3n) is 1.47. The van der Waals surface area contributed by atoms with Gasteiger partial charge in [-0.3, -0.25) is 4.98 Å². The van der Waals surface area contributed by atoms with Crippen molar-refractivity contribution in [1.82, 2.24) is 15.0 Å². The summed E-state index contributed by atoms with van der Waals surface area (Å²) < 4.78 is 0. The first-order valence-electron chi connectivity index (χ1n) is 3.54. The van der Waals surface area contributed by atoms with Crippen LogP contribution in [0.4, 0.5) is 0 Å². The molecule has 0 N–H and O–H groups in total. The molecule has 0 aromatic carbocycles. The lowest BCUT2D eigenvalue weighted by molar-refractivity contribution is 1.16. The second kappa shape index (κ2) is 3.09. The van der Waals surface area contributed by atoms with Crippen LogP contribution in [0.5, 0.6) is 0 Å². The van der Waals surface area contributed by atoms with Crippen molar-refractivity contribution in [3.05, 3.63) is 43.1 Å². The van der Waals surface area contributed by atoms with E-state index in [1.165, 1.54) is 6.33 Å². The Bertz CT molecular complexity index is 307. The molecule has 0 spiro atoms. The van der Waals surface area contributed by atoms with Crippen molar-refractivity contribution in [2.24, 2.45) is 0 Å². The Morgan fingerprint density at radius 2 is 2.00 bits per heavy atom. The number of pyridine rings is 1. The fourth-order valence-corrected chi connectivity index (χ4v) is 0.922. The number of nitrogens with zero attached hydrogens (tertiary/aromatic N) is 3. The highest BCUT2D eigenvalue weighted by Gasteiger charge is 1.95. The molecule has 12 heavy (non-hydrogen) atoms. The van der Waals surface area contributed by atoms with Gasteiger partial charge in [-0.25, -0.2) is 9.97 Å². The highest BCUT2D eigenvalue weighted by molar-refractivity contribution is 5.55. The van der Waals surface area contributed by atoms with Gasteiger partial charge in [0.15, 0.2) is 0 Å². The summed E-state index contributed by atoms with van der Waals surface area (Å²) in [5, 5.41) is 0. The fraction of sp³-hybridized carbons (Fsp3) is 0. The van der Waals surface area contributed by atoms with Gasteiger partial charge in [0.05, 0.1) is 5.69 Å². The molecule has 0 aliphatic rings. The van der Waals surface area contributed by atoms with Gasteiger partial charge in [0, 0.05) is 30.2 Å². The smallest absolute Gasteiger partial charge is 0.115 e. The minimum absolute atomic E-state index is 0.870. The van der Waals surface area contributed by atoms with Crippen LogP contribution < -0.4 is 0 Å². The minimum atomic E-state index is 0.870. The SMILES string of the molecule is [c]1ccc(-c2cncnc2)nc1. The van der Waals surface area contributed by atoms with Gasteiger partial charge < -0.3 is 0 Å². The van der Waals surface area contributed by atoms with Gasteiger partial charge in [0.25, 0.3) is 0 Å². The molecule has 0 unspecified atom stereocenters. The average molecular weight is 156 g/mol. The van der Waals surface area contributed by atoms with E-state index in [0.29, 0.717) is 0 Å². The van der Waals surface area contributed by atoms with E-state index in [4.69, 9.17) is 0 Å². The van der Waals surface area contributed by atoms with E-state index in [1.807, 2.05) is 12.1 Å². The zero-order valence-electron chi connectivity index (χ0n) is 6.31. The summed E-state index contributed by atoms with van der Waals surface area (Å²) in [5.74, 6) is 0. The van der Waals surface area contributed by atoms with Crippen molar-refractivity contribution < 1.29 is 0 Å². The monoisotopic (exact) mass is 156 g/mol. The Balaban J connectivity index is 2.46. The van der Waals surface area contributed by atoms with Gasteiger partial charge in [-0.05, 0) is 6.07 Å². The van der Waals surface area contributed by atoms with Gasteiger partial charge in [-0.2, -0.15) is 0 Å². The Hall–Kier alpha value is -1.77. The maximum Gasteiger partial charge on any atom is 0.115 e. The van der Waals surface area contributed by atoms with Crippen LogP contribution in [0.3, 0.4) is 0 Å². The largest absolute Gasteiger partial charge is 0.255 e. The van der Waals surface area contributed by atoms with Crippen LogP contribution in [-0.2, 0) is 0 Å².